The van der Waals surface area contributed by atoms with Gasteiger partial charge in [-0.25, -0.2) is 13.8 Å². The fraction of sp³-hybridized carbons (Fsp3) is 0.387. The van der Waals surface area contributed by atoms with Gasteiger partial charge in [-0.2, -0.15) is 10.2 Å². The van der Waals surface area contributed by atoms with E-state index in [2.05, 4.69) is 27.1 Å². The Hall–Kier alpha value is -4.07. The molecular weight excluding hydrogens is 586 g/mol. The van der Waals surface area contributed by atoms with Crippen LogP contribution in [0.1, 0.15) is 18.7 Å². The lowest BCUT2D eigenvalue weighted by Crippen LogP contribution is -2.46. The molecule has 2 aliphatic heterocycles. The maximum Gasteiger partial charge on any atom is 0.138 e. The van der Waals surface area contributed by atoms with E-state index in [4.69, 9.17) is 19.6 Å². The third-order valence-corrected chi connectivity index (χ3v) is 9.24. The van der Waals surface area contributed by atoms with Gasteiger partial charge in [0.15, 0.2) is 0 Å². The maximum atomic E-state index is 16.0. The zero-order chi connectivity index (χ0) is 30.4. The van der Waals surface area contributed by atoms with Crippen molar-refractivity contribution in [2.45, 2.75) is 19.5 Å². The molecule has 0 radical (unpaired) electrons. The predicted molar refractivity (Wildman–Crippen MR) is 168 cm³/mol. The first kappa shape index (κ1) is 28.7. The second-order valence-electron chi connectivity index (χ2n) is 11.1. The van der Waals surface area contributed by atoms with Crippen LogP contribution >= 0.6 is 11.3 Å². The lowest BCUT2D eigenvalue weighted by Gasteiger charge is -2.36. The van der Waals surface area contributed by atoms with Gasteiger partial charge in [0.1, 0.15) is 41.2 Å². The van der Waals surface area contributed by atoms with E-state index >= 15 is 4.39 Å². The topological polar surface area (TPSA) is 85.5 Å². The maximum absolute atomic E-state index is 16.0. The molecule has 0 bridgehead atoms. The van der Waals surface area contributed by atoms with Crippen LogP contribution in [0.5, 0.6) is 5.75 Å². The van der Waals surface area contributed by atoms with Crippen molar-refractivity contribution < 1.29 is 18.3 Å². The number of piperazine rings is 1. The molecule has 0 spiro atoms. The minimum atomic E-state index is -0.716. The van der Waals surface area contributed by atoms with E-state index in [1.165, 1.54) is 17.4 Å². The Morgan fingerprint density at radius 3 is 2.61 bits per heavy atom. The molecule has 6 heterocycles. The molecule has 2 aliphatic rings. The van der Waals surface area contributed by atoms with Crippen LogP contribution in [0.4, 0.5) is 20.3 Å². The van der Waals surface area contributed by atoms with Crippen molar-refractivity contribution in [2.75, 3.05) is 62.8 Å². The van der Waals surface area contributed by atoms with E-state index in [1.807, 2.05) is 46.3 Å². The summed E-state index contributed by atoms with van der Waals surface area (Å²) in [6.07, 6.45) is 3.91. The number of rotatable bonds is 8. The van der Waals surface area contributed by atoms with Crippen LogP contribution < -0.4 is 19.9 Å². The Balaban J connectivity index is 1.38. The van der Waals surface area contributed by atoms with Gasteiger partial charge in [-0.1, -0.05) is 0 Å². The highest BCUT2D eigenvalue weighted by Gasteiger charge is 2.30. The lowest BCUT2D eigenvalue weighted by atomic mass is 9.98. The SMILES string of the molecule is COCCOc1cc(F)cc(F)c1-c1c(-c2cc3n(n2)CCNC3C)nc(N2CCN(c3cnn(C)c3)CC2)c2ccsc12. The first-order valence-corrected chi connectivity index (χ1v) is 15.6. The van der Waals surface area contributed by atoms with Gasteiger partial charge in [0.2, 0.25) is 0 Å². The first-order chi connectivity index (χ1) is 21.4. The first-order valence-electron chi connectivity index (χ1n) is 14.7. The van der Waals surface area contributed by atoms with Gasteiger partial charge in [0.05, 0.1) is 36.3 Å². The van der Waals surface area contributed by atoms with E-state index in [0.717, 1.165) is 72.6 Å². The highest BCUT2D eigenvalue weighted by molar-refractivity contribution is 7.18. The zero-order valence-corrected chi connectivity index (χ0v) is 25.7. The number of thiophene rings is 1. The van der Waals surface area contributed by atoms with Gasteiger partial charge in [-0.05, 0) is 24.4 Å². The van der Waals surface area contributed by atoms with Crippen molar-refractivity contribution in [1.29, 1.82) is 0 Å². The van der Waals surface area contributed by atoms with Crippen molar-refractivity contribution in [2.24, 2.45) is 7.05 Å². The van der Waals surface area contributed by atoms with Crippen LogP contribution in [0.2, 0.25) is 0 Å². The summed E-state index contributed by atoms with van der Waals surface area (Å²) < 4.78 is 46.2. The quantitative estimate of drug-likeness (QED) is 0.247. The molecule has 1 unspecified atom stereocenters. The van der Waals surface area contributed by atoms with E-state index < -0.39 is 11.6 Å². The van der Waals surface area contributed by atoms with Crippen molar-refractivity contribution in [3.05, 3.63) is 59.4 Å². The number of fused-ring (bicyclic) bond motifs is 2. The normalized spacial score (nSPS) is 17.0. The molecule has 7 rings (SSSR count). The molecule has 1 aromatic carbocycles. The van der Waals surface area contributed by atoms with Gasteiger partial charge in [0.25, 0.3) is 0 Å². The van der Waals surface area contributed by atoms with Gasteiger partial charge in [-0.15, -0.1) is 11.3 Å². The Bertz CT molecular complexity index is 1810. The Kier molecular flexibility index (Phi) is 7.69. The van der Waals surface area contributed by atoms with Crippen LogP contribution in [0, 0.1) is 11.6 Å². The van der Waals surface area contributed by atoms with E-state index in [0.29, 0.717) is 17.0 Å². The molecule has 1 atom stereocenters. The molecule has 5 aromatic rings. The summed E-state index contributed by atoms with van der Waals surface area (Å²) in [6.45, 7) is 7.16. The molecule has 13 heteroatoms. The third kappa shape index (κ3) is 5.18. The van der Waals surface area contributed by atoms with Crippen molar-refractivity contribution in [3.8, 4) is 28.3 Å². The third-order valence-electron chi connectivity index (χ3n) is 8.31. The molecule has 1 N–H and O–H groups in total. The molecule has 0 amide bonds. The number of methoxy groups -OCH3 is 1. The number of pyridine rings is 1. The van der Waals surface area contributed by atoms with Crippen molar-refractivity contribution in [3.63, 3.8) is 0 Å². The fourth-order valence-corrected chi connectivity index (χ4v) is 7.07. The largest absolute Gasteiger partial charge is 0.490 e. The number of halogens is 2. The second kappa shape index (κ2) is 11.8. The Labute approximate surface area is 257 Å². The number of aryl methyl sites for hydroxylation is 1. The number of aromatic nitrogens is 5. The molecular formula is C31H34F2N8O2S. The molecule has 10 nitrogen and oxygen atoms in total. The number of anilines is 2. The van der Waals surface area contributed by atoms with E-state index in [-0.39, 0.29) is 30.6 Å². The summed E-state index contributed by atoms with van der Waals surface area (Å²) in [5.74, 6) is -0.496. The summed E-state index contributed by atoms with van der Waals surface area (Å²) in [4.78, 5) is 9.88. The number of benzene rings is 1. The standard InChI is InChI=1S/C31H34F2N8O2S/c1-19-25-16-24(37-41(25)6-5-34-19)29-28(27-23(33)14-20(32)15-26(27)43-12-11-42-3)30-22(4-13-44-30)31(36-29)40-9-7-39(8-10-40)21-17-35-38(2)18-21/h4,13-19,34H,5-12H2,1-3H3. The Morgan fingerprint density at radius 1 is 1.05 bits per heavy atom. The molecule has 0 saturated carbocycles. The van der Waals surface area contributed by atoms with E-state index in [9.17, 15) is 4.39 Å². The van der Waals surface area contributed by atoms with E-state index in [1.54, 1.807) is 7.11 Å². The van der Waals surface area contributed by atoms with Gasteiger partial charge >= 0.3 is 0 Å². The smallest absolute Gasteiger partial charge is 0.138 e. The summed E-state index contributed by atoms with van der Waals surface area (Å²) >= 11 is 1.51. The molecule has 0 aliphatic carbocycles. The molecule has 4 aromatic heterocycles. The number of hydrogen-bond donors (Lipinski definition) is 1. The molecule has 1 fully saturated rings. The highest BCUT2D eigenvalue weighted by atomic mass is 32.1. The number of nitrogens with one attached hydrogen (secondary N) is 1. The number of ether oxygens (including phenoxy) is 2. The molecule has 230 valence electrons. The Morgan fingerprint density at radius 2 is 1.86 bits per heavy atom. The second-order valence-corrected chi connectivity index (χ2v) is 12.0. The average Bonchev–Trinajstić information content (AvgIpc) is 3.77. The summed E-state index contributed by atoms with van der Waals surface area (Å²) in [7, 11) is 3.47. The van der Waals surface area contributed by atoms with Crippen molar-refractivity contribution >= 4 is 32.9 Å². The minimum absolute atomic E-state index is 0.106. The van der Waals surface area contributed by atoms with Gasteiger partial charge in [-0.3, -0.25) is 9.36 Å². The van der Waals surface area contributed by atoms with Crippen LogP contribution in [0.3, 0.4) is 0 Å². The lowest BCUT2D eigenvalue weighted by molar-refractivity contribution is 0.146. The summed E-state index contributed by atoms with van der Waals surface area (Å²) in [5.41, 5.74) is 4.03. The highest BCUT2D eigenvalue weighted by Crippen LogP contribution is 2.47. The summed E-state index contributed by atoms with van der Waals surface area (Å²) in [5, 5.41) is 15.7. The molecule has 1 saturated heterocycles. The van der Waals surface area contributed by atoms with Crippen LogP contribution in [-0.2, 0) is 18.3 Å². The van der Waals surface area contributed by atoms with Crippen LogP contribution in [0.25, 0.3) is 32.6 Å². The monoisotopic (exact) mass is 620 g/mol. The van der Waals surface area contributed by atoms with Crippen LogP contribution in [0.15, 0.2) is 42.0 Å². The van der Waals surface area contributed by atoms with Crippen LogP contribution in [-0.4, -0.2) is 77.6 Å². The zero-order valence-electron chi connectivity index (χ0n) is 24.9. The van der Waals surface area contributed by atoms with Gasteiger partial charge < -0.3 is 24.6 Å². The predicted octanol–water partition coefficient (Wildman–Crippen LogP) is 4.85. The van der Waals surface area contributed by atoms with Crippen molar-refractivity contribution in [1.82, 2.24) is 29.9 Å². The minimum Gasteiger partial charge on any atom is -0.490 e. The summed E-state index contributed by atoms with van der Waals surface area (Å²) in [6, 6.07) is 6.29. The molecule has 44 heavy (non-hydrogen) atoms. The number of nitrogens with zero attached hydrogens (tertiary/aromatic N) is 7. The van der Waals surface area contributed by atoms with Gasteiger partial charge in [0, 0.05) is 86.9 Å². The number of hydrogen-bond acceptors (Lipinski definition) is 9. The fourth-order valence-electron chi connectivity index (χ4n) is 6.12. The average molecular weight is 621 g/mol.